The van der Waals surface area contributed by atoms with Crippen LogP contribution in [0.25, 0.3) is 16.8 Å². The summed E-state index contributed by atoms with van der Waals surface area (Å²) < 4.78 is 0. The zero-order valence-electron chi connectivity index (χ0n) is 22.3. The van der Waals surface area contributed by atoms with Gasteiger partial charge in [0.15, 0.2) is 0 Å². The number of nitrogens with zero attached hydrogens (tertiary/aromatic N) is 4. The summed E-state index contributed by atoms with van der Waals surface area (Å²) in [5.74, 6) is 2.04. The van der Waals surface area contributed by atoms with Crippen LogP contribution in [0.1, 0.15) is 39.3 Å². The smallest absolute Gasteiger partial charge is 0.146 e. The lowest BCUT2D eigenvalue weighted by Gasteiger charge is -2.30. The molecule has 1 atom stereocenters. The molecule has 0 saturated carbocycles. The molecule has 0 spiro atoms. The van der Waals surface area contributed by atoms with Crippen LogP contribution in [-0.4, -0.2) is 23.2 Å². The monoisotopic (exact) mass is 514 g/mol. The highest BCUT2D eigenvalue weighted by Gasteiger charge is 2.40. The molecule has 0 bridgehead atoms. The largest absolute Gasteiger partial charge is 0.232 e. The summed E-state index contributed by atoms with van der Waals surface area (Å²) in [5.41, 5.74) is 12.5. The maximum atomic E-state index is 5.23. The molecule has 0 aromatic heterocycles. The molecule has 8 rings (SSSR count). The average Bonchev–Trinajstić information content (AvgIpc) is 3.30. The van der Waals surface area contributed by atoms with Crippen molar-refractivity contribution in [2.45, 2.75) is 19.8 Å². The zero-order valence-corrected chi connectivity index (χ0v) is 22.3. The van der Waals surface area contributed by atoms with Crippen molar-refractivity contribution in [3.05, 3.63) is 148 Å². The molecular weight excluding hydrogens is 488 g/mol. The number of rotatable bonds is 3. The van der Waals surface area contributed by atoms with Gasteiger partial charge in [0.05, 0.1) is 17.3 Å². The Hall–Kier alpha value is -4.96. The minimum Gasteiger partial charge on any atom is -0.232 e. The lowest BCUT2D eigenvalue weighted by molar-refractivity contribution is 1.00. The van der Waals surface area contributed by atoms with Gasteiger partial charge < -0.3 is 0 Å². The van der Waals surface area contributed by atoms with Crippen LogP contribution in [0.15, 0.2) is 135 Å². The summed E-state index contributed by atoms with van der Waals surface area (Å²) in [6, 6.07) is 34.1. The number of hydrogen-bond acceptors (Lipinski definition) is 4. The van der Waals surface area contributed by atoms with Crippen LogP contribution in [0.3, 0.4) is 0 Å². The summed E-state index contributed by atoms with van der Waals surface area (Å²) in [6.45, 7) is 4.29. The molecule has 4 aliphatic rings. The minimum atomic E-state index is -0.168. The Morgan fingerprint density at radius 2 is 1.05 bits per heavy atom. The third-order valence-electron chi connectivity index (χ3n) is 8.11. The molecule has 0 saturated heterocycles. The van der Waals surface area contributed by atoms with E-state index >= 15 is 0 Å². The van der Waals surface area contributed by atoms with Gasteiger partial charge in [-0.1, -0.05) is 108 Å². The predicted octanol–water partition coefficient (Wildman–Crippen LogP) is 7.73. The first kappa shape index (κ1) is 23.0. The van der Waals surface area contributed by atoms with Gasteiger partial charge in [0.1, 0.15) is 23.4 Å². The third kappa shape index (κ3) is 3.60. The van der Waals surface area contributed by atoms with E-state index in [4.69, 9.17) is 20.0 Å². The zero-order chi connectivity index (χ0) is 26.8. The Labute approximate surface area is 233 Å². The molecule has 3 aliphatic heterocycles. The van der Waals surface area contributed by atoms with E-state index in [1.807, 2.05) is 36.4 Å². The van der Waals surface area contributed by atoms with Gasteiger partial charge in [-0.05, 0) is 53.8 Å². The highest BCUT2D eigenvalue weighted by atomic mass is 15.1. The van der Waals surface area contributed by atoms with Gasteiger partial charge in [-0.3, -0.25) is 0 Å². The first-order chi connectivity index (χ1) is 19.6. The lowest BCUT2D eigenvalue weighted by Crippen LogP contribution is -2.35. The molecule has 4 nitrogen and oxygen atoms in total. The van der Waals surface area contributed by atoms with Crippen molar-refractivity contribution in [2.24, 2.45) is 25.9 Å². The Bertz CT molecular complexity index is 1810. The summed E-state index contributed by atoms with van der Waals surface area (Å²) in [7, 11) is 0. The first-order valence-corrected chi connectivity index (χ1v) is 13.7. The van der Waals surface area contributed by atoms with Crippen LogP contribution in [-0.2, 0) is 0 Å². The van der Waals surface area contributed by atoms with E-state index in [2.05, 4.69) is 86.7 Å². The number of aliphatic imine (C=N–C) groups is 4. The van der Waals surface area contributed by atoms with Crippen LogP contribution in [0.5, 0.6) is 0 Å². The van der Waals surface area contributed by atoms with Gasteiger partial charge >= 0.3 is 0 Å². The van der Waals surface area contributed by atoms with Crippen LogP contribution in [0.2, 0.25) is 0 Å². The second-order valence-electron chi connectivity index (χ2n) is 10.9. The van der Waals surface area contributed by atoms with Gasteiger partial charge in [-0.15, -0.1) is 0 Å². The second-order valence-corrected chi connectivity index (χ2v) is 10.9. The van der Waals surface area contributed by atoms with Crippen LogP contribution >= 0.6 is 0 Å². The normalized spacial score (nSPS) is 18.8. The maximum absolute atomic E-state index is 5.23. The standard InChI is InChI=1S/C36H26N4/c1-21-13-15-26-27-16-14-22(2)18-29(27)33(28(26)17-21)36-39-34-32-25(19-30(37-34)23-9-5-3-6-10-23)20-31(38-35(32)40-36)24-11-7-4-8-12-24/h3-20,32-33H,1-2H3. The molecule has 40 heavy (non-hydrogen) atoms. The number of allylic oxidation sites excluding steroid dienone is 2. The summed E-state index contributed by atoms with van der Waals surface area (Å²) in [6.07, 6.45) is 4.34. The fraction of sp³-hybridized carbons (Fsp3) is 0.111. The number of fused-ring (bicyclic) bond motifs is 3. The van der Waals surface area contributed by atoms with Crippen LogP contribution < -0.4 is 0 Å². The van der Waals surface area contributed by atoms with Crippen molar-refractivity contribution in [3.63, 3.8) is 0 Å². The van der Waals surface area contributed by atoms with E-state index in [-0.39, 0.29) is 11.8 Å². The Kier molecular flexibility index (Phi) is 5.05. The van der Waals surface area contributed by atoms with Crippen molar-refractivity contribution in [2.75, 3.05) is 0 Å². The number of hydrogen-bond donors (Lipinski definition) is 0. The van der Waals surface area contributed by atoms with Crippen molar-refractivity contribution in [1.29, 1.82) is 0 Å². The summed E-state index contributed by atoms with van der Waals surface area (Å²) in [4.78, 5) is 20.7. The van der Waals surface area contributed by atoms with E-state index in [1.165, 1.54) is 33.4 Å². The highest BCUT2D eigenvalue weighted by molar-refractivity contribution is 6.29. The maximum Gasteiger partial charge on any atom is 0.146 e. The van der Waals surface area contributed by atoms with Crippen molar-refractivity contribution in [3.8, 4) is 11.1 Å². The first-order valence-electron chi connectivity index (χ1n) is 13.7. The van der Waals surface area contributed by atoms with Gasteiger partial charge in [0.25, 0.3) is 0 Å². The molecule has 1 unspecified atom stereocenters. The number of aryl methyl sites for hydroxylation is 2. The fourth-order valence-corrected chi connectivity index (χ4v) is 6.24. The average molecular weight is 515 g/mol. The molecule has 0 fully saturated rings. The Morgan fingerprint density at radius 1 is 0.500 bits per heavy atom. The molecule has 3 heterocycles. The van der Waals surface area contributed by atoms with E-state index in [9.17, 15) is 0 Å². The molecule has 0 N–H and O–H groups in total. The summed E-state index contributed by atoms with van der Waals surface area (Å²) in [5, 5.41) is 0. The number of benzene rings is 4. The number of dihydropyridines is 1. The van der Waals surface area contributed by atoms with Gasteiger partial charge in [-0.2, -0.15) is 0 Å². The highest BCUT2D eigenvalue weighted by Crippen LogP contribution is 2.47. The Balaban J connectivity index is 1.35. The van der Waals surface area contributed by atoms with Crippen molar-refractivity contribution < 1.29 is 0 Å². The van der Waals surface area contributed by atoms with E-state index in [1.54, 1.807) is 0 Å². The molecule has 0 amide bonds. The van der Waals surface area contributed by atoms with Crippen molar-refractivity contribution >= 4 is 28.9 Å². The molecule has 1 aliphatic carbocycles. The number of amidine groups is 3. The van der Waals surface area contributed by atoms with Gasteiger partial charge in [0, 0.05) is 11.1 Å². The molecule has 4 aromatic rings. The molecule has 4 heteroatoms. The van der Waals surface area contributed by atoms with Gasteiger partial charge in [-0.25, -0.2) is 20.0 Å². The van der Waals surface area contributed by atoms with Crippen LogP contribution in [0.4, 0.5) is 0 Å². The van der Waals surface area contributed by atoms with E-state index < -0.39 is 0 Å². The minimum absolute atomic E-state index is 0.0724. The van der Waals surface area contributed by atoms with E-state index in [0.29, 0.717) is 0 Å². The van der Waals surface area contributed by atoms with E-state index in [0.717, 1.165) is 45.6 Å². The molecule has 0 radical (unpaired) electrons. The molecule has 190 valence electrons. The topological polar surface area (TPSA) is 49.4 Å². The third-order valence-corrected chi connectivity index (χ3v) is 8.11. The Morgan fingerprint density at radius 3 is 1.68 bits per heavy atom. The van der Waals surface area contributed by atoms with Gasteiger partial charge in [0.2, 0.25) is 0 Å². The molecular formula is C36H26N4. The SMILES string of the molecule is Cc1ccc2c(c1)C(C1=NC3=NC(c4ccccc4)=CC4=CC(c5ccccc5)=NC(=N1)C43)c1cc(C)ccc1-2. The quantitative estimate of drug-likeness (QED) is 0.269. The fourth-order valence-electron chi connectivity index (χ4n) is 6.24. The van der Waals surface area contributed by atoms with Crippen LogP contribution in [0, 0.1) is 19.8 Å². The molecule has 4 aromatic carbocycles. The lowest BCUT2D eigenvalue weighted by atomic mass is 9.86. The summed E-state index contributed by atoms with van der Waals surface area (Å²) >= 11 is 0. The second kappa shape index (κ2) is 8.78. The van der Waals surface area contributed by atoms with Crippen molar-refractivity contribution in [1.82, 2.24) is 0 Å². The predicted molar refractivity (Wildman–Crippen MR) is 164 cm³/mol.